The molecule has 2 aromatic rings. The van der Waals surface area contributed by atoms with Crippen molar-refractivity contribution in [1.29, 1.82) is 5.26 Å². The average molecular weight is 353 g/mol. The van der Waals surface area contributed by atoms with Gasteiger partial charge in [0.15, 0.2) is 0 Å². The van der Waals surface area contributed by atoms with Gasteiger partial charge in [0.2, 0.25) is 5.91 Å². The van der Waals surface area contributed by atoms with E-state index in [1.807, 2.05) is 18.2 Å². The Labute approximate surface area is 152 Å². The third-order valence-corrected chi connectivity index (χ3v) is 5.83. The molecule has 0 bridgehead atoms. The van der Waals surface area contributed by atoms with Crippen LogP contribution in [-0.4, -0.2) is 12.5 Å². The molecule has 0 saturated heterocycles. The molecule has 1 heterocycles. The van der Waals surface area contributed by atoms with Crippen LogP contribution in [0.15, 0.2) is 24.3 Å². The molecule has 1 amide bonds. The Kier molecular flexibility index (Phi) is 5.72. The molecule has 1 aliphatic rings. The van der Waals surface area contributed by atoms with Crippen LogP contribution in [0.5, 0.6) is 0 Å². The predicted octanol–water partition coefficient (Wildman–Crippen LogP) is 4.50. The quantitative estimate of drug-likeness (QED) is 0.778. The molecule has 0 fully saturated rings. The van der Waals surface area contributed by atoms with Gasteiger partial charge >= 0.3 is 0 Å². The minimum Gasteiger partial charge on any atom is -0.376 e. The number of rotatable bonds is 5. The smallest absolute Gasteiger partial charge is 0.244 e. The SMILES string of the molecule is CCc1ccccc1NCC(=O)Nc1sc2c(c1C#N)CCCCC2. The summed E-state index contributed by atoms with van der Waals surface area (Å²) < 4.78 is 0. The van der Waals surface area contributed by atoms with Crippen molar-refractivity contribution in [2.24, 2.45) is 0 Å². The first-order chi connectivity index (χ1) is 12.2. The first kappa shape index (κ1) is 17.5. The summed E-state index contributed by atoms with van der Waals surface area (Å²) in [6, 6.07) is 10.3. The van der Waals surface area contributed by atoms with Crippen LogP contribution in [-0.2, 0) is 24.1 Å². The molecule has 0 radical (unpaired) electrons. The molecule has 25 heavy (non-hydrogen) atoms. The molecule has 130 valence electrons. The van der Waals surface area contributed by atoms with Gasteiger partial charge in [-0.05, 0) is 49.3 Å². The number of para-hydroxylation sites is 1. The third kappa shape index (κ3) is 4.02. The summed E-state index contributed by atoms with van der Waals surface area (Å²) in [7, 11) is 0. The fourth-order valence-corrected chi connectivity index (χ4v) is 4.55. The number of aryl methyl sites for hydroxylation is 2. The molecule has 0 atom stereocenters. The fraction of sp³-hybridized carbons (Fsp3) is 0.400. The van der Waals surface area contributed by atoms with E-state index in [9.17, 15) is 10.1 Å². The summed E-state index contributed by atoms with van der Waals surface area (Å²) in [6.45, 7) is 2.29. The van der Waals surface area contributed by atoms with Crippen LogP contribution >= 0.6 is 11.3 Å². The Balaban J connectivity index is 1.68. The van der Waals surface area contributed by atoms with Crippen molar-refractivity contribution in [2.45, 2.75) is 45.4 Å². The highest BCUT2D eigenvalue weighted by Gasteiger charge is 2.20. The van der Waals surface area contributed by atoms with Crippen molar-refractivity contribution in [3.63, 3.8) is 0 Å². The van der Waals surface area contributed by atoms with E-state index < -0.39 is 0 Å². The number of anilines is 2. The zero-order valence-corrected chi connectivity index (χ0v) is 15.3. The monoisotopic (exact) mass is 353 g/mol. The maximum Gasteiger partial charge on any atom is 0.244 e. The van der Waals surface area contributed by atoms with Crippen LogP contribution in [0, 0.1) is 11.3 Å². The standard InChI is InChI=1S/C20H23N3OS/c1-2-14-8-6-7-10-17(14)22-13-19(24)23-20-16(12-21)15-9-4-3-5-11-18(15)25-20/h6-8,10,22H,2-5,9,11,13H2,1H3,(H,23,24). The van der Waals surface area contributed by atoms with Crippen molar-refractivity contribution in [3.8, 4) is 6.07 Å². The summed E-state index contributed by atoms with van der Waals surface area (Å²) >= 11 is 1.58. The molecule has 1 aromatic carbocycles. The lowest BCUT2D eigenvalue weighted by molar-refractivity contribution is -0.114. The van der Waals surface area contributed by atoms with Crippen molar-refractivity contribution < 1.29 is 4.79 Å². The maximum absolute atomic E-state index is 12.4. The highest BCUT2D eigenvalue weighted by atomic mass is 32.1. The minimum absolute atomic E-state index is 0.112. The third-order valence-electron chi connectivity index (χ3n) is 4.62. The van der Waals surface area contributed by atoms with Gasteiger partial charge in [-0.1, -0.05) is 31.5 Å². The van der Waals surface area contributed by atoms with Crippen LogP contribution < -0.4 is 10.6 Å². The number of benzene rings is 1. The maximum atomic E-state index is 12.4. The molecule has 2 N–H and O–H groups in total. The Morgan fingerprint density at radius 2 is 2.04 bits per heavy atom. The second kappa shape index (κ2) is 8.17. The number of nitrogens with one attached hydrogen (secondary N) is 2. The van der Waals surface area contributed by atoms with Gasteiger partial charge in [0.25, 0.3) is 0 Å². The van der Waals surface area contributed by atoms with Crippen LogP contribution in [0.2, 0.25) is 0 Å². The van der Waals surface area contributed by atoms with Gasteiger partial charge in [-0.15, -0.1) is 11.3 Å². The van der Waals surface area contributed by atoms with Crippen molar-refractivity contribution in [1.82, 2.24) is 0 Å². The normalized spacial score (nSPS) is 13.4. The van der Waals surface area contributed by atoms with Crippen LogP contribution in [0.3, 0.4) is 0 Å². The van der Waals surface area contributed by atoms with E-state index in [4.69, 9.17) is 0 Å². The molecular weight excluding hydrogens is 330 g/mol. The van der Waals surface area contributed by atoms with Crippen molar-refractivity contribution in [2.75, 3.05) is 17.2 Å². The highest BCUT2D eigenvalue weighted by Crippen LogP contribution is 2.36. The van der Waals surface area contributed by atoms with Gasteiger partial charge in [0, 0.05) is 10.6 Å². The molecule has 1 aliphatic carbocycles. The van der Waals surface area contributed by atoms with Crippen molar-refractivity contribution in [3.05, 3.63) is 45.8 Å². The molecule has 4 nitrogen and oxygen atoms in total. The second-order valence-corrected chi connectivity index (χ2v) is 7.40. The summed E-state index contributed by atoms with van der Waals surface area (Å²) in [5.74, 6) is -0.112. The lowest BCUT2D eigenvalue weighted by Gasteiger charge is -2.10. The first-order valence-electron chi connectivity index (χ1n) is 8.89. The number of hydrogen-bond acceptors (Lipinski definition) is 4. The average Bonchev–Trinajstić information content (AvgIpc) is 2.79. The predicted molar refractivity (Wildman–Crippen MR) is 103 cm³/mol. The van der Waals surface area contributed by atoms with E-state index >= 15 is 0 Å². The number of hydrogen-bond donors (Lipinski definition) is 2. The Bertz CT molecular complexity index is 804. The van der Waals surface area contributed by atoms with Gasteiger partial charge in [-0.2, -0.15) is 5.26 Å². The van der Waals surface area contributed by atoms with Gasteiger partial charge in [-0.25, -0.2) is 0 Å². The fourth-order valence-electron chi connectivity index (χ4n) is 3.30. The van der Waals surface area contributed by atoms with E-state index in [1.165, 1.54) is 23.3 Å². The lowest BCUT2D eigenvalue weighted by atomic mass is 10.1. The van der Waals surface area contributed by atoms with Crippen LogP contribution in [0.4, 0.5) is 10.7 Å². The summed E-state index contributed by atoms with van der Waals surface area (Å²) in [5, 5.41) is 16.4. The summed E-state index contributed by atoms with van der Waals surface area (Å²) in [5.41, 5.74) is 4.01. The highest BCUT2D eigenvalue weighted by molar-refractivity contribution is 7.16. The first-order valence-corrected chi connectivity index (χ1v) is 9.70. The molecule has 1 aromatic heterocycles. The summed E-state index contributed by atoms with van der Waals surface area (Å²) in [6.07, 6.45) is 6.40. The largest absolute Gasteiger partial charge is 0.376 e. The number of nitrogens with zero attached hydrogens (tertiary/aromatic N) is 1. The van der Waals surface area contributed by atoms with Crippen molar-refractivity contribution >= 4 is 27.9 Å². The zero-order chi connectivity index (χ0) is 17.6. The summed E-state index contributed by atoms with van der Waals surface area (Å²) in [4.78, 5) is 13.6. The number of nitriles is 1. The van der Waals surface area contributed by atoms with Crippen LogP contribution in [0.1, 0.15) is 47.8 Å². The number of amides is 1. The van der Waals surface area contributed by atoms with Gasteiger partial charge < -0.3 is 10.6 Å². The number of thiophene rings is 1. The van der Waals surface area contributed by atoms with E-state index in [0.717, 1.165) is 36.9 Å². The second-order valence-electron chi connectivity index (χ2n) is 6.29. The molecule has 3 rings (SSSR count). The number of carbonyl (C=O) groups excluding carboxylic acids is 1. The van der Waals surface area contributed by atoms with Gasteiger partial charge in [-0.3, -0.25) is 4.79 Å². The van der Waals surface area contributed by atoms with E-state index in [1.54, 1.807) is 11.3 Å². The van der Waals surface area contributed by atoms with E-state index in [2.05, 4.69) is 29.7 Å². The lowest BCUT2D eigenvalue weighted by Crippen LogP contribution is -2.22. The number of carbonyl (C=O) groups is 1. The Morgan fingerprint density at radius 3 is 2.84 bits per heavy atom. The molecule has 0 saturated carbocycles. The van der Waals surface area contributed by atoms with Gasteiger partial charge in [0.05, 0.1) is 12.1 Å². The topological polar surface area (TPSA) is 64.9 Å². The van der Waals surface area contributed by atoms with E-state index in [-0.39, 0.29) is 12.5 Å². The van der Waals surface area contributed by atoms with E-state index in [0.29, 0.717) is 10.6 Å². The molecule has 0 unspecified atom stereocenters. The Hall–Kier alpha value is -2.32. The molecule has 0 aliphatic heterocycles. The van der Waals surface area contributed by atoms with Gasteiger partial charge in [0.1, 0.15) is 11.1 Å². The molecular formula is C20H23N3OS. The Morgan fingerprint density at radius 1 is 1.24 bits per heavy atom. The minimum atomic E-state index is -0.112. The molecule has 0 spiro atoms. The number of fused-ring (bicyclic) bond motifs is 1. The molecule has 5 heteroatoms. The van der Waals surface area contributed by atoms with Crippen LogP contribution in [0.25, 0.3) is 0 Å². The zero-order valence-electron chi connectivity index (χ0n) is 14.5.